The van der Waals surface area contributed by atoms with Crippen LogP contribution in [-0.2, 0) is 6.61 Å². The lowest BCUT2D eigenvalue weighted by Crippen LogP contribution is -2.31. The van der Waals surface area contributed by atoms with Crippen molar-refractivity contribution in [1.82, 2.24) is 14.9 Å². The topological polar surface area (TPSA) is 67.4 Å². The maximum Gasteiger partial charge on any atom is 0.257 e. The number of hydrogen-bond acceptors (Lipinski definition) is 5. The number of anilines is 2. The first-order valence-corrected chi connectivity index (χ1v) is 11.2. The fourth-order valence-electron chi connectivity index (χ4n) is 3.67. The second-order valence-corrected chi connectivity index (χ2v) is 7.77. The van der Waals surface area contributed by atoms with Gasteiger partial charge in [-0.3, -0.25) is 4.79 Å². The Bertz CT molecular complexity index is 1240. The molecule has 168 valence electrons. The van der Waals surface area contributed by atoms with Crippen molar-refractivity contribution < 1.29 is 9.53 Å². The second kappa shape index (κ2) is 10.1. The van der Waals surface area contributed by atoms with E-state index in [1.165, 1.54) is 0 Å². The maximum atomic E-state index is 13.2. The zero-order chi connectivity index (χ0) is 23.2. The summed E-state index contributed by atoms with van der Waals surface area (Å²) in [4.78, 5) is 24.0. The van der Waals surface area contributed by atoms with E-state index in [1.54, 1.807) is 11.1 Å². The molecule has 1 N–H and O–H groups in total. The lowest BCUT2D eigenvalue weighted by atomic mass is 10.1. The van der Waals surface area contributed by atoms with Crippen molar-refractivity contribution in [1.29, 1.82) is 0 Å². The third kappa shape index (κ3) is 5.12. The fraction of sp³-hybridized carbons (Fsp3) is 0.222. The van der Waals surface area contributed by atoms with Crippen LogP contribution in [0.5, 0.6) is 5.75 Å². The van der Waals surface area contributed by atoms with E-state index in [9.17, 15) is 4.79 Å². The lowest BCUT2D eigenvalue weighted by molar-refractivity contribution is 0.0773. The molecule has 0 aliphatic carbocycles. The van der Waals surface area contributed by atoms with Gasteiger partial charge in [0.2, 0.25) is 0 Å². The number of carbonyl (C=O) groups excluding carboxylic acids is 1. The summed E-state index contributed by atoms with van der Waals surface area (Å²) in [6.45, 7) is 7.65. The SMILES string of the molecule is CCN(CC)C(=O)c1cnc2nc(C)ccc2c1Nc1ccc(OCc2ccccc2)cc1. The van der Waals surface area contributed by atoms with Crippen molar-refractivity contribution in [2.45, 2.75) is 27.4 Å². The first-order valence-electron chi connectivity index (χ1n) is 11.2. The Kier molecular flexibility index (Phi) is 6.83. The molecule has 0 fully saturated rings. The highest BCUT2D eigenvalue weighted by Crippen LogP contribution is 2.30. The molecular formula is C27H28N4O2. The van der Waals surface area contributed by atoms with Crippen molar-refractivity contribution >= 4 is 28.3 Å². The number of nitrogens with one attached hydrogen (secondary N) is 1. The molecule has 0 atom stereocenters. The highest BCUT2D eigenvalue weighted by Gasteiger charge is 2.20. The van der Waals surface area contributed by atoms with Gasteiger partial charge in [0.1, 0.15) is 12.4 Å². The van der Waals surface area contributed by atoms with Gasteiger partial charge in [-0.1, -0.05) is 30.3 Å². The van der Waals surface area contributed by atoms with Crippen LogP contribution in [0, 0.1) is 6.92 Å². The van der Waals surface area contributed by atoms with E-state index >= 15 is 0 Å². The molecule has 1 amide bonds. The fourth-order valence-corrected chi connectivity index (χ4v) is 3.67. The average molecular weight is 441 g/mol. The van der Waals surface area contributed by atoms with Gasteiger partial charge in [0, 0.05) is 36.1 Å². The van der Waals surface area contributed by atoms with Gasteiger partial charge in [-0.05, 0) is 62.7 Å². The van der Waals surface area contributed by atoms with Crippen molar-refractivity contribution in [3.63, 3.8) is 0 Å². The maximum absolute atomic E-state index is 13.2. The third-order valence-corrected chi connectivity index (χ3v) is 5.52. The third-order valence-electron chi connectivity index (χ3n) is 5.52. The molecule has 0 aliphatic heterocycles. The first kappa shape index (κ1) is 22.3. The second-order valence-electron chi connectivity index (χ2n) is 7.77. The quantitative estimate of drug-likeness (QED) is 0.378. The molecule has 0 unspecified atom stereocenters. The predicted molar refractivity (Wildman–Crippen MR) is 132 cm³/mol. The van der Waals surface area contributed by atoms with Gasteiger partial charge >= 0.3 is 0 Å². The Hall–Kier alpha value is -3.93. The number of carbonyl (C=O) groups is 1. The van der Waals surface area contributed by atoms with E-state index in [0.29, 0.717) is 36.6 Å². The van der Waals surface area contributed by atoms with Crippen LogP contribution >= 0.6 is 0 Å². The van der Waals surface area contributed by atoms with Gasteiger partial charge in [-0.2, -0.15) is 0 Å². The Morgan fingerprint density at radius 1 is 0.970 bits per heavy atom. The summed E-state index contributed by atoms with van der Waals surface area (Å²) in [7, 11) is 0. The highest BCUT2D eigenvalue weighted by atomic mass is 16.5. The van der Waals surface area contributed by atoms with E-state index in [4.69, 9.17) is 4.74 Å². The molecule has 6 nitrogen and oxygen atoms in total. The number of nitrogens with zero attached hydrogens (tertiary/aromatic N) is 3. The number of aromatic nitrogens is 2. The van der Waals surface area contributed by atoms with Gasteiger partial charge in [0.25, 0.3) is 5.91 Å². The van der Waals surface area contributed by atoms with Crippen molar-refractivity contribution in [2.75, 3.05) is 18.4 Å². The van der Waals surface area contributed by atoms with Crippen molar-refractivity contribution in [3.05, 3.63) is 89.7 Å². The van der Waals surface area contributed by atoms with Gasteiger partial charge in [-0.15, -0.1) is 0 Å². The van der Waals surface area contributed by atoms with Gasteiger partial charge in [-0.25, -0.2) is 9.97 Å². The number of pyridine rings is 2. The summed E-state index contributed by atoms with van der Waals surface area (Å²) in [6, 6.07) is 21.7. The summed E-state index contributed by atoms with van der Waals surface area (Å²) >= 11 is 0. The average Bonchev–Trinajstić information content (AvgIpc) is 2.85. The normalized spacial score (nSPS) is 10.8. The Morgan fingerprint density at radius 2 is 1.70 bits per heavy atom. The van der Waals surface area contributed by atoms with E-state index in [2.05, 4.69) is 15.3 Å². The zero-order valence-corrected chi connectivity index (χ0v) is 19.2. The molecule has 2 aromatic heterocycles. The predicted octanol–water partition coefficient (Wildman–Crippen LogP) is 5.74. The number of amides is 1. The largest absolute Gasteiger partial charge is 0.489 e. The molecule has 6 heteroatoms. The Labute approximate surface area is 194 Å². The Balaban J connectivity index is 1.62. The first-order chi connectivity index (χ1) is 16.1. The molecule has 33 heavy (non-hydrogen) atoms. The van der Waals surface area contributed by atoms with E-state index < -0.39 is 0 Å². The molecule has 0 radical (unpaired) electrons. The minimum Gasteiger partial charge on any atom is -0.489 e. The van der Waals surface area contributed by atoms with E-state index in [-0.39, 0.29) is 5.91 Å². The van der Waals surface area contributed by atoms with Gasteiger partial charge < -0.3 is 15.0 Å². The summed E-state index contributed by atoms with van der Waals surface area (Å²) < 4.78 is 5.89. The van der Waals surface area contributed by atoms with Crippen LogP contribution < -0.4 is 10.1 Å². The van der Waals surface area contributed by atoms with Gasteiger partial charge in [0.15, 0.2) is 5.65 Å². The molecule has 4 rings (SSSR count). The minimum atomic E-state index is -0.0553. The molecule has 4 aromatic rings. The minimum absolute atomic E-state index is 0.0553. The number of fused-ring (bicyclic) bond motifs is 1. The number of ether oxygens (including phenoxy) is 1. The monoisotopic (exact) mass is 440 g/mol. The molecule has 0 saturated heterocycles. The molecule has 0 aliphatic rings. The van der Waals surface area contributed by atoms with Crippen LogP contribution in [0.4, 0.5) is 11.4 Å². The van der Waals surface area contributed by atoms with Crippen LogP contribution in [0.15, 0.2) is 72.9 Å². The summed E-state index contributed by atoms with van der Waals surface area (Å²) in [5.74, 6) is 0.723. The molecule has 0 spiro atoms. The number of aryl methyl sites for hydroxylation is 1. The summed E-state index contributed by atoms with van der Waals surface area (Å²) in [6.07, 6.45) is 1.62. The number of hydrogen-bond donors (Lipinski definition) is 1. The van der Waals surface area contributed by atoms with E-state index in [1.807, 2.05) is 87.5 Å². The molecule has 2 aromatic carbocycles. The van der Waals surface area contributed by atoms with E-state index in [0.717, 1.165) is 28.1 Å². The van der Waals surface area contributed by atoms with Crippen LogP contribution in [-0.4, -0.2) is 33.9 Å². The van der Waals surface area contributed by atoms with Gasteiger partial charge in [0.05, 0.1) is 11.3 Å². The van der Waals surface area contributed by atoms with Crippen LogP contribution in [0.2, 0.25) is 0 Å². The number of benzene rings is 2. The molecule has 0 bridgehead atoms. The van der Waals surface area contributed by atoms with Crippen molar-refractivity contribution in [2.24, 2.45) is 0 Å². The Morgan fingerprint density at radius 3 is 2.39 bits per heavy atom. The summed E-state index contributed by atoms with van der Waals surface area (Å²) in [5.41, 5.74) is 4.69. The highest BCUT2D eigenvalue weighted by molar-refractivity contribution is 6.07. The lowest BCUT2D eigenvalue weighted by Gasteiger charge is -2.21. The van der Waals surface area contributed by atoms with Crippen LogP contribution in [0.3, 0.4) is 0 Å². The molecule has 0 saturated carbocycles. The van der Waals surface area contributed by atoms with Crippen LogP contribution in [0.25, 0.3) is 11.0 Å². The standard InChI is InChI=1S/C27H28N4O2/c1-4-31(5-2)27(32)24-17-28-26-23(16-11-19(3)29-26)25(24)30-21-12-14-22(15-13-21)33-18-20-9-7-6-8-10-20/h6-17H,4-5,18H2,1-3H3,(H,28,29,30). The van der Waals surface area contributed by atoms with Crippen LogP contribution in [0.1, 0.15) is 35.5 Å². The molecular weight excluding hydrogens is 412 g/mol. The smallest absolute Gasteiger partial charge is 0.257 e. The number of rotatable bonds is 8. The van der Waals surface area contributed by atoms with Crippen molar-refractivity contribution in [3.8, 4) is 5.75 Å². The summed E-state index contributed by atoms with van der Waals surface area (Å²) in [5, 5.41) is 4.25. The molecule has 2 heterocycles. The zero-order valence-electron chi connectivity index (χ0n) is 19.2.